The number of anilines is 1. The number of nitrogens with zero attached hydrogens (tertiary/aromatic N) is 2. The molecule has 0 aromatic heterocycles. The van der Waals surface area contributed by atoms with Crippen molar-refractivity contribution in [2.75, 3.05) is 39.2 Å². The van der Waals surface area contributed by atoms with E-state index in [1.54, 1.807) is 49.4 Å². The van der Waals surface area contributed by atoms with Crippen LogP contribution in [0, 0.1) is 5.92 Å². The molecule has 9 nitrogen and oxygen atoms in total. The van der Waals surface area contributed by atoms with Gasteiger partial charge < -0.3 is 24.8 Å². The minimum absolute atomic E-state index is 0.0364. The number of carbonyl (C=O) groups excluding carboxylic acids is 2. The van der Waals surface area contributed by atoms with Crippen LogP contribution in [0.1, 0.15) is 47.1 Å². The Bertz CT molecular complexity index is 1100. The lowest BCUT2D eigenvalue weighted by atomic mass is 10.00. The Balaban J connectivity index is 1.98. The van der Waals surface area contributed by atoms with E-state index in [1.165, 1.54) is 6.92 Å². The number of hydrogen-bond acceptors (Lipinski definition) is 6. The van der Waals surface area contributed by atoms with Crippen LogP contribution in [-0.2, 0) is 16.1 Å². The molecule has 9 heteroatoms. The first kappa shape index (κ1) is 27.2. The lowest BCUT2D eigenvalue weighted by molar-refractivity contribution is -0.114. The van der Waals surface area contributed by atoms with Crippen LogP contribution in [0.25, 0.3) is 0 Å². The summed E-state index contributed by atoms with van der Waals surface area (Å²) < 4.78 is 11.9. The van der Waals surface area contributed by atoms with Gasteiger partial charge in [0.25, 0.3) is 5.91 Å². The second-order valence-electron chi connectivity index (χ2n) is 9.38. The Labute approximate surface area is 212 Å². The van der Waals surface area contributed by atoms with Gasteiger partial charge >= 0.3 is 5.97 Å². The number of methoxy groups -OCH3 is 1. The number of benzene rings is 2. The molecule has 1 aliphatic rings. The van der Waals surface area contributed by atoms with Gasteiger partial charge in [-0.3, -0.25) is 14.5 Å². The number of nitrogens with one attached hydrogen (secondary N) is 1. The molecule has 2 amide bonds. The quantitative estimate of drug-likeness (QED) is 0.652. The Kier molecular flexibility index (Phi) is 9.06. The molecular weight excluding hydrogens is 462 g/mol. The Hall–Kier alpha value is -3.43. The Morgan fingerprint density at radius 1 is 1.17 bits per heavy atom. The van der Waals surface area contributed by atoms with E-state index in [4.69, 9.17) is 9.47 Å². The molecule has 0 bridgehead atoms. The van der Waals surface area contributed by atoms with Crippen LogP contribution in [0.5, 0.6) is 5.75 Å². The van der Waals surface area contributed by atoms with Gasteiger partial charge in [-0.15, -0.1) is 0 Å². The van der Waals surface area contributed by atoms with E-state index >= 15 is 0 Å². The van der Waals surface area contributed by atoms with Crippen LogP contribution in [0.4, 0.5) is 5.69 Å². The molecule has 0 saturated heterocycles. The minimum atomic E-state index is -0.962. The average molecular weight is 498 g/mol. The predicted octanol–water partition coefficient (Wildman–Crippen LogP) is 3.35. The molecular formula is C27H35N3O6. The number of aromatic carboxylic acids is 1. The molecule has 0 spiro atoms. The molecule has 2 aromatic rings. The largest absolute Gasteiger partial charge is 0.491 e. The normalized spacial score (nSPS) is 21.5. The molecule has 0 aliphatic carbocycles. The molecule has 0 radical (unpaired) electrons. The van der Waals surface area contributed by atoms with Gasteiger partial charge in [0.1, 0.15) is 12.4 Å². The van der Waals surface area contributed by atoms with Gasteiger partial charge in [0.15, 0.2) is 0 Å². The maximum Gasteiger partial charge on any atom is 0.336 e. The van der Waals surface area contributed by atoms with Crippen molar-refractivity contribution in [2.45, 2.75) is 39.5 Å². The molecule has 3 atom stereocenters. The lowest BCUT2D eigenvalue weighted by Gasteiger charge is -2.36. The number of carboxylic acid groups (broad SMARTS) is 1. The third-order valence-electron chi connectivity index (χ3n) is 6.52. The number of amides is 2. The van der Waals surface area contributed by atoms with Crippen molar-refractivity contribution in [1.29, 1.82) is 0 Å². The molecule has 194 valence electrons. The molecule has 2 aromatic carbocycles. The average Bonchev–Trinajstić information content (AvgIpc) is 2.84. The molecule has 1 heterocycles. The van der Waals surface area contributed by atoms with E-state index in [2.05, 4.69) is 17.1 Å². The maximum atomic E-state index is 13.4. The van der Waals surface area contributed by atoms with E-state index < -0.39 is 5.97 Å². The maximum absolute atomic E-state index is 13.4. The predicted molar refractivity (Wildman–Crippen MR) is 136 cm³/mol. The fourth-order valence-electron chi connectivity index (χ4n) is 4.44. The van der Waals surface area contributed by atoms with E-state index in [-0.39, 0.29) is 42.0 Å². The Morgan fingerprint density at radius 2 is 1.89 bits per heavy atom. The van der Waals surface area contributed by atoms with Gasteiger partial charge in [-0.2, -0.15) is 0 Å². The standard InChI is InChI=1S/C27H35N3O6/c1-17-13-30(14-20-8-6-7-9-22(20)27(33)34)18(2)16-36-24-11-10-21(28-19(3)31)12-23(24)26(32)29(4)15-25(17)35-5/h6-12,17-18,25H,13-16H2,1-5H3,(H,28,31)(H,33,34)/t17-,18-,25-/m0/s1. The first-order valence-electron chi connectivity index (χ1n) is 12.0. The second-order valence-corrected chi connectivity index (χ2v) is 9.38. The van der Waals surface area contributed by atoms with E-state index in [0.29, 0.717) is 36.6 Å². The van der Waals surface area contributed by atoms with Gasteiger partial charge in [0, 0.05) is 52.4 Å². The van der Waals surface area contributed by atoms with Gasteiger partial charge in [-0.1, -0.05) is 25.1 Å². The Morgan fingerprint density at radius 3 is 2.56 bits per heavy atom. The highest BCUT2D eigenvalue weighted by molar-refractivity contribution is 5.99. The summed E-state index contributed by atoms with van der Waals surface area (Å²) in [6.45, 7) is 7.17. The van der Waals surface area contributed by atoms with Gasteiger partial charge in [-0.25, -0.2) is 4.79 Å². The van der Waals surface area contributed by atoms with Crippen LogP contribution in [-0.4, -0.2) is 78.7 Å². The summed E-state index contributed by atoms with van der Waals surface area (Å²) in [4.78, 5) is 40.5. The summed E-state index contributed by atoms with van der Waals surface area (Å²) in [6, 6.07) is 11.9. The number of ether oxygens (including phenoxy) is 2. The van der Waals surface area contributed by atoms with Crippen molar-refractivity contribution in [3.05, 3.63) is 59.2 Å². The van der Waals surface area contributed by atoms with Gasteiger partial charge in [-0.05, 0) is 42.7 Å². The van der Waals surface area contributed by atoms with Crippen molar-refractivity contribution in [3.63, 3.8) is 0 Å². The van der Waals surface area contributed by atoms with Crippen molar-refractivity contribution >= 4 is 23.5 Å². The fraction of sp³-hybridized carbons (Fsp3) is 0.444. The number of fused-ring (bicyclic) bond motifs is 1. The second kappa shape index (κ2) is 12.0. The van der Waals surface area contributed by atoms with E-state index in [9.17, 15) is 19.5 Å². The van der Waals surface area contributed by atoms with E-state index in [1.807, 2.05) is 19.1 Å². The molecule has 0 saturated carbocycles. The van der Waals surface area contributed by atoms with Crippen molar-refractivity contribution in [2.24, 2.45) is 5.92 Å². The molecule has 1 aliphatic heterocycles. The summed E-state index contributed by atoms with van der Waals surface area (Å²) in [5.41, 5.74) is 1.85. The van der Waals surface area contributed by atoms with Crippen LogP contribution in [0.3, 0.4) is 0 Å². The molecule has 0 unspecified atom stereocenters. The summed E-state index contributed by atoms with van der Waals surface area (Å²) in [7, 11) is 3.34. The highest BCUT2D eigenvalue weighted by Crippen LogP contribution is 2.27. The number of rotatable bonds is 5. The monoisotopic (exact) mass is 497 g/mol. The fourth-order valence-corrected chi connectivity index (χ4v) is 4.44. The SMILES string of the molecule is CO[C@H]1CN(C)C(=O)c2cc(NC(C)=O)ccc2OC[C@H](C)N(Cc2ccccc2C(=O)O)C[C@@H]1C. The first-order chi connectivity index (χ1) is 17.1. The van der Waals surface area contributed by atoms with Crippen molar-refractivity contribution < 1.29 is 29.0 Å². The summed E-state index contributed by atoms with van der Waals surface area (Å²) in [5.74, 6) is -0.970. The van der Waals surface area contributed by atoms with E-state index in [0.717, 1.165) is 5.56 Å². The summed E-state index contributed by atoms with van der Waals surface area (Å²) in [5, 5.41) is 12.4. The highest BCUT2D eigenvalue weighted by atomic mass is 16.5. The molecule has 2 N–H and O–H groups in total. The van der Waals surface area contributed by atoms with Crippen molar-refractivity contribution in [1.82, 2.24) is 9.80 Å². The number of carbonyl (C=O) groups is 3. The summed E-state index contributed by atoms with van der Waals surface area (Å²) in [6.07, 6.45) is -0.245. The van der Waals surface area contributed by atoms with Crippen LogP contribution >= 0.6 is 0 Å². The molecule has 0 fully saturated rings. The first-order valence-corrected chi connectivity index (χ1v) is 12.0. The van der Waals surface area contributed by atoms with Crippen LogP contribution in [0.2, 0.25) is 0 Å². The minimum Gasteiger partial charge on any atom is -0.491 e. The highest BCUT2D eigenvalue weighted by Gasteiger charge is 2.29. The van der Waals surface area contributed by atoms with Gasteiger partial charge in [0.2, 0.25) is 5.91 Å². The van der Waals surface area contributed by atoms with Crippen molar-refractivity contribution in [3.8, 4) is 5.75 Å². The third kappa shape index (κ3) is 6.61. The number of carboxylic acids is 1. The lowest BCUT2D eigenvalue weighted by Crippen LogP contribution is -2.46. The van der Waals surface area contributed by atoms with Gasteiger partial charge in [0.05, 0.1) is 17.2 Å². The van der Waals surface area contributed by atoms with Crippen LogP contribution < -0.4 is 10.1 Å². The zero-order chi connectivity index (χ0) is 26.4. The number of likely N-dealkylation sites (N-methyl/N-ethyl adjacent to an activating group) is 1. The topological polar surface area (TPSA) is 108 Å². The zero-order valence-corrected chi connectivity index (χ0v) is 21.5. The third-order valence-corrected chi connectivity index (χ3v) is 6.52. The molecule has 36 heavy (non-hydrogen) atoms. The smallest absolute Gasteiger partial charge is 0.336 e. The summed E-state index contributed by atoms with van der Waals surface area (Å²) >= 11 is 0. The van der Waals surface area contributed by atoms with Crippen LogP contribution in [0.15, 0.2) is 42.5 Å². The zero-order valence-electron chi connectivity index (χ0n) is 21.5. The molecule has 3 rings (SSSR count). The number of hydrogen-bond donors (Lipinski definition) is 2.